The Labute approximate surface area is 120 Å². The predicted octanol–water partition coefficient (Wildman–Crippen LogP) is 1.98. The van der Waals surface area contributed by atoms with Crippen LogP contribution in [0.5, 0.6) is 5.75 Å². The number of nitrogens with one attached hydrogen (secondary N) is 3. The molecule has 2 unspecified atom stereocenters. The van der Waals surface area contributed by atoms with Crippen LogP contribution in [0.3, 0.4) is 0 Å². The van der Waals surface area contributed by atoms with Crippen LogP contribution in [0.15, 0.2) is 18.2 Å². The summed E-state index contributed by atoms with van der Waals surface area (Å²) in [4.78, 5) is 11.7. The number of methoxy groups -OCH3 is 1. The topological polar surface area (TPSA) is 62.4 Å². The molecule has 1 aromatic rings. The number of ether oxygens (including phenoxy) is 1. The van der Waals surface area contributed by atoms with Crippen molar-refractivity contribution in [1.29, 1.82) is 0 Å². The first-order valence-corrected chi connectivity index (χ1v) is 7.09. The van der Waals surface area contributed by atoms with Gasteiger partial charge in [0.15, 0.2) is 6.29 Å². The molecule has 110 valence electrons. The molecule has 1 amide bonds. The quantitative estimate of drug-likeness (QED) is 0.770. The van der Waals surface area contributed by atoms with E-state index in [4.69, 9.17) is 4.74 Å². The van der Waals surface area contributed by atoms with E-state index < -0.39 is 0 Å². The standard InChI is InChI=1S/C15H23N3O2/c1-4-5-11-9-14(19)18-15(16-11)17-12-8-10(2)6-7-13(12)20-3/h6-8,11,15-17H,4-5,9H2,1-3H3,(H,18,19). The lowest BCUT2D eigenvalue weighted by molar-refractivity contribution is -0.124. The SMILES string of the molecule is CCCC1CC(=O)NC(Nc2cc(C)ccc2OC)N1. The first kappa shape index (κ1) is 14.7. The van der Waals surface area contributed by atoms with Gasteiger partial charge in [0.1, 0.15) is 5.75 Å². The number of hydrogen-bond donors (Lipinski definition) is 3. The van der Waals surface area contributed by atoms with Crippen molar-refractivity contribution in [3.8, 4) is 5.75 Å². The third kappa shape index (κ3) is 3.63. The zero-order valence-corrected chi connectivity index (χ0v) is 12.3. The van der Waals surface area contributed by atoms with E-state index in [9.17, 15) is 4.79 Å². The van der Waals surface area contributed by atoms with E-state index in [2.05, 4.69) is 22.9 Å². The normalized spacial score (nSPS) is 22.2. The summed E-state index contributed by atoms with van der Waals surface area (Å²) < 4.78 is 5.34. The third-order valence-electron chi connectivity index (χ3n) is 3.43. The van der Waals surface area contributed by atoms with Crippen molar-refractivity contribution >= 4 is 11.6 Å². The Bertz CT molecular complexity index is 476. The monoisotopic (exact) mass is 277 g/mol. The van der Waals surface area contributed by atoms with Crippen LogP contribution < -0.4 is 20.7 Å². The van der Waals surface area contributed by atoms with E-state index in [1.165, 1.54) is 0 Å². The second kappa shape index (κ2) is 6.61. The highest BCUT2D eigenvalue weighted by molar-refractivity contribution is 5.78. The minimum atomic E-state index is -0.261. The molecule has 0 aliphatic carbocycles. The Morgan fingerprint density at radius 2 is 2.25 bits per heavy atom. The number of benzene rings is 1. The fraction of sp³-hybridized carbons (Fsp3) is 0.533. The van der Waals surface area contributed by atoms with Crippen LogP contribution in [-0.2, 0) is 4.79 Å². The summed E-state index contributed by atoms with van der Waals surface area (Å²) in [6.45, 7) is 4.15. The fourth-order valence-electron chi connectivity index (χ4n) is 2.48. The number of carbonyl (C=O) groups excluding carboxylic acids is 1. The molecule has 5 nitrogen and oxygen atoms in total. The largest absolute Gasteiger partial charge is 0.495 e. The Morgan fingerprint density at radius 3 is 2.95 bits per heavy atom. The highest BCUT2D eigenvalue weighted by Gasteiger charge is 2.25. The van der Waals surface area contributed by atoms with Gasteiger partial charge >= 0.3 is 0 Å². The Morgan fingerprint density at radius 1 is 1.45 bits per heavy atom. The lowest BCUT2D eigenvalue weighted by Crippen LogP contribution is -2.59. The van der Waals surface area contributed by atoms with Gasteiger partial charge in [0.05, 0.1) is 12.8 Å². The molecule has 0 aromatic heterocycles. The summed E-state index contributed by atoms with van der Waals surface area (Å²) >= 11 is 0. The molecule has 1 fully saturated rings. The maximum absolute atomic E-state index is 11.7. The molecule has 1 saturated heterocycles. The molecular weight excluding hydrogens is 254 g/mol. The van der Waals surface area contributed by atoms with Gasteiger partial charge in [-0.25, -0.2) is 0 Å². The van der Waals surface area contributed by atoms with Crippen LogP contribution in [0.4, 0.5) is 5.69 Å². The van der Waals surface area contributed by atoms with Crippen molar-refractivity contribution < 1.29 is 9.53 Å². The molecule has 1 heterocycles. The summed E-state index contributed by atoms with van der Waals surface area (Å²) in [6, 6.07) is 6.15. The van der Waals surface area contributed by atoms with Crippen LogP contribution in [0, 0.1) is 6.92 Å². The van der Waals surface area contributed by atoms with Crippen LogP contribution in [0.2, 0.25) is 0 Å². The van der Waals surface area contributed by atoms with Crippen molar-refractivity contribution in [3.63, 3.8) is 0 Å². The molecule has 1 aliphatic heterocycles. The van der Waals surface area contributed by atoms with Gasteiger partial charge in [-0.15, -0.1) is 0 Å². The van der Waals surface area contributed by atoms with Gasteiger partial charge in [0.25, 0.3) is 0 Å². The van der Waals surface area contributed by atoms with E-state index in [1.54, 1.807) is 7.11 Å². The van der Waals surface area contributed by atoms with Crippen LogP contribution >= 0.6 is 0 Å². The summed E-state index contributed by atoms with van der Waals surface area (Å²) in [5, 5.41) is 9.60. The molecule has 0 bridgehead atoms. The highest BCUT2D eigenvalue weighted by atomic mass is 16.5. The zero-order chi connectivity index (χ0) is 14.5. The van der Waals surface area contributed by atoms with Gasteiger partial charge < -0.3 is 15.4 Å². The lowest BCUT2D eigenvalue weighted by atomic mass is 10.1. The van der Waals surface area contributed by atoms with E-state index >= 15 is 0 Å². The maximum atomic E-state index is 11.7. The molecular formula is C15H23N3O2. The Kier molecular flexibility index (Phi) is 4.84. The van der Waals surface area contributed by atoms with Gasteiger partial charge in [-0.2, -0.15) is 0 Å². The van der Waals surface area contributed by atoms with E-state index in [0.29, 0.717) is 6.42 Å². The molecule has 20 heavy (non-hydrogen) atoms. The van der Waals surface area contributed by atoms with Gasteiger partial charge in [-0.1, -0.05) is 19.4 Å². The molecule has 0 saturated carbocycles. The third-order valence-corrected chi connectivity index (χ3v) is 3.43. The van der Waals surface area contributed by atoms with Crippen molar-refractivity contribution in [2.45, 2.75) is 45.4 Å². The summed E-state index contributed by atoms with van der Waals surface area (Å²) in [7, 11) is 1.64. The van der Waals surface area contributed by atoms with Crippen molar-refractivity contribution in [3.05, 3.63) is 23.8 Å². The van der Waals surface area contributed by atoms with E-state index in [1.807, 2.05) is 25.1 Å². The molecule has 0 radical (unpaired) electrons. The van der Waals surface area contributed by atoms with Crippen molar-refractivity contribution in [1.82, 2.24) is 10.6 Å². The minimum absolute atomic E-state index is 0.0753. The summed E-state index contributed by atoms with van der Waals surface area (Å²) in [6.07, 6.45) is 2.34. The molecule has 2 atom stereocenters. The molecule has 0 spiro atoms. The average Bonchev–Trinajstić information content (AvgIpc) is 2.38. The minimum Gasteiger partial charge on any atom is -0.495 e. The number of carbonyl (C=O) groups is 1. The van der Waals surface area contributed by atoms with Gasteiger partial charge in [0, 0.05) is 12.5 Å². The van der Waals surface area contributed by atoms with Crippen LogP contribution in [0.25, 0.3) is 0 Å². The van der Waals surface area contributed by atoms with Crippen LogP contribution in [-0.4, -0.2) is 25.3 Å². The van der Waals surface area contributed by atoms with E-state index in [-0.39, 0.29) is 18.2 Å². The number of anilines is 1. The second-order valence-electron chi connectivity index (χ2n) is 5.20. The fourth-order valence-corrected chi connectivity index (χ4v) is 2.48. The lowest BCUT2D eigenvalue weighted by Gasteiger charge is -2.32. The van der Waals surface area contributed by atoms with Gasteiger partial charge in [-0.3, -0.25) is 10.1 Å². The summed E-state index contributed by atoms with van der Waals surface area (Å²) in [5.74, 6) is 0.843. The van der Waals surface area contributed by atoms with Crippen LogP contribution in [0.1, 0.15) is 31.7 Å². The number of amides is 1. The van der Waals surface area contributed by atoms with E-state index in [0.717, 1.165) is 29.8 Å². The molecule has 3 N–H and O–H groups in total. The molecule has 1 aliphatic rings. The molecule has 2 rings (SSSR count). The van der Waals surface area contributed by atoms with Gasteiger partial charge in [-0.05, 0) is 31.0 Å². The average molecular weight is 277 g/mol. The molecule has 1 aromatic carbocycles. The van der Waals surface area contributed by atoms with Crippen molar-refractivity contribution in [2.75, 3.05) is 12.4 Å². The van der Waals surface area contributed by atoms with Crippen molar-refractivity contribution in [2.24, 2.45) is 0 Å². The van der Waals surface area contributed by atoms with Gasteiger partial charge in [0.2, 0.25) is 5.91 Å². The number of hydrogen-bond acceptors (Lipinski definition) is 4. The Hall–Kier alpha value is -1.75. The zero-order valence-electron chi connectivity index (χ0n) is 12.3. The summed E-state index contributed by atoms with van der Waals surface area (Å²) in [5.41, 5.74) is 2.02. The second-order valence-corrected chi connectivity index (χ2v) is 5.20. The number of rotatable bonds is 5. The molecule has 5 heteroatoms. The maximum Gasteiger partial charge on any atom is 0.224 e. The smallest absolute Gasteiger partial charge is 0.224 e. The first-order chi connectivity index (χ1) is 9.62. The first-order valence-electron chi connectivity index (χ1n) is 7.09. The number of aryl methyl sites for hydroxylation is 1. The highest BCUT2D eigenvalue weighted by Crippen LogP contribution is 2.25. The Balaban J connectivity index is 2.08. The predicted molar refractivity (Wildman–Crippen MR) is 79.7 cm³/mol.